The first-order valence-corrected chi connectivity index (χ1v) is 7.08. The first-order valence-electron chi connectivity index (χ1n) is 7.08. The number of hydrogen-bond donors (Lipinski definition) is 1. The largest absolute Gasteiger partial charge is 0.338 e. The molecule has 0 aromatic heterocycles. The molecule has 0 radical (unpaired) electrons. The zero-order valence-electron chi connectivity index (χ0n) is 12.8. The first kappa shape index (κ1) is 17.9. The van der Waals surface area contributed by atoms with Crippen molar-refractivity contribution in [2.75, 3.05) is 6.54 Å². The van der Waals surface area contributed by atoms with Crippen molar-refractivity contribution < 1.29 is 14.8 Å². The number of unbranched alkanes of at least 4 members (excludes halogenated alkanes) is 1. The summed E-state index contributed by atoms with van der Waals surface area (Å²) in [7, 11) is 0. The molecule has 0 aliphatic rings. The van der Waals surface area contributed by atoms with Crippen molar-refractivity contribution >= 4 is 12.3 Å². The predicted molar refractivity (Wildman–Crippen MR) is 74.7 cm³/mol. The van der Waals surface area contributed by atoms with Gasteiger partial charge in [-0.25, -0.2) is 5.06 Å². The molecule has 2 amide bonds. The summed E-state index contributed by atoms with van der Waals surface area (Å²) in [5, 5.41) is 9.90. The fourth-order valence-corrected chi connectivity index (χ4v) is 2.33. The molecule has 0 spiro atoms. The van der Waals surface area contributed by atoms with Crippen LogP contribution in [0.25, 0.3) is 0 Å². The van der Waals surface area contributed by atoms with E-state index in [0.29, 0.717) is 17.9 Å². The lowest BCUT2D eigenvalue weighted by atomic mass is 9.98. The molecular formula is C14H28N2O3. The molecule has 0 unspecified atom stereocenters. The van der Waals surface area contributed by atoms with Crippen molar-refractivity contribution in [2.24, 2.45) is 5.92 Å². The van der Waals surface area contributed by atoms with Crippen LogP contribution in [0.4, 0.5) is 0 Å². The molecule has 0 saturated heterocycles. The second-order valence-electron chi connectivity index (χ2n) is 5.50. The van der Waals surface area contributed by atoms with Gasteiger partial charge in [0, 0.05) is 12.1 Å². The fraction of sp³-hybridized carbons (Fsp3) is 0.857. The average molecular weight is 272 g/mol. The van der Waals surface area contributed by atoms with Crippen LogP contribution in [-0.4, -0.2) is 46.1 Å². The SMILES string of the molecule is CCCC[C@H](CN(O)C=O)C(=O)N(C(C)C)C(C)C. The predicted octanol–water partition coefficient (Wildman–Crippen LogP) is 2.29. The maximum atomic E-state index is 12.6. The second kappa shape index (κ2) is 8.91. The summed E-state index contributed by atoms with van der Waals surface area (Å²) in [6.07, 6.45) is 2.93. The Morgan fingerprint density at radius 2 is 1.74 bits per heavy atom. The highest BCUT2D eigenvalue weighted by atomic mass is 16.5. The zero-order valence-corrected chi connectivity index (χ0v) is 12.8. The lowest BCUT2D eigenvalue weighted by molar-refractivity contribution is -0.158. The molecule has 5 heteroatoms. The normalized spacial score (nSPS) is 12.6. The molecule has 0 aliphatic carbocycles. The van der Waals surface area contributed by atoms with Gasteiger partial charge in [0.25, 0.3) is 0 Å². The number of rotatable bonds is 9. The summed E-state index contributed by atoms with van der Waals surface area (Å²) < 4.78 is 0. The maximum absolute atomic E-state index is 12.6. The molecule has 1 atom stereocenters. The van der Waals surface area contributed by atoms with Crippen molar-refractivity contribution in [3.8, 4) is 0 Å². The van der Waals surface area contributed by atoms with Gasteiger partial charge in [-0.2, -0.15) is 0 Å². The highest BCUT2D eigenvalue weighted by Gasteiger charge is 2.28. The van der Waals surface area contributed by atoms with Crippen LogP contribution in [0.5, 0.6) is 0 Å². The van der Waals surface area contributed by atoms with Crippen LogP contribution < -0.4 is 0 Å². The van der Waals surface area contributed by atoms with Gasteiger partial charge in [0.1, 0.15) is 0 Å². The molecule has 19 heavy (non-hydrogen) atoms. The third-order valence-electron chi connectivity index (χ3n) is 3.15. The van der Waals surface area contributed by atoms with E-state index in [0.717, 1.165) is 12.8 Å². The monoisotopic (exact) mass is 272 g/mol. The van der Waals surface area contributed by atoms with E-state index in [1.165, 1.54) is 0 Å². The fourth-order valence-electron chi connectivity index (χ4n) is 2.33. The molecule has 0 saturated carbocycles. The Hall–Kier alpha value is -1.10. The van der Waals surface area contributed by atoms with Gasteiger partial charge in [0.2, 0.25) is 12.3 Å². The Labute approximate surface area is 116 Å². The molecule has 0 rings (SSSR count). The van der Waals surface area contributed by atoms with Crippen LogP contribution in [0.3, 0.4) is 0 Å². The number of amides is 2. The molecule has 1 N–H and O–H groups in total. The first-order chi connectivity index (χ1) is 8.84. The summed E-state index contributed by atoms with van der Waals surface area (Å²) in [5.41, 5.74) is 0. The molecular weight excluding hydrogens is 244 g/mol. The minimum Gasteiger partial charge on any atom is -0.338 e. The van der Waals surface area contributed by atoms with E-state index in [4.69, 9.17) is 0 Å². The summed E-state index contributed by atoms with van der Waals surface area (Å²) in [6.45, 7) is 10.0. The van der Waals surface area contributed by atoms with Gasteiger partial charge in [0.15, 0.2) is 0 Å². The Morgan fingerprint density at radius 1 is 1.21 bits per heavy atom. The molecule has 0 aromatic rings. The van der Waals surface area contributed by atoms with Crippen LogP contribution in [0.2, 0.25) is 0 Å². The van der Waals surface area contributed by atoms with Crippen molar-refractivity contribution in [1.29, 1.82) is 0 Å². The molecule has 0 fully saturated rings. The lowest BCUT2D eigenvalue weighted by Crippen LogP contribution is -2.47. The van der Waals surface area contributed by atoms with Crippen LogP contribution in [0, 0.1) is 5.92 Å². The van der Waals surface area contributed by atoms with Crippen molar-refractivity contribution in [3.05, 3.63) is 0 Å². The maximum Gasteiger partial charge on any atom is 0.233 e. The number of hydroxylamine groups is 2. The van der Waals surface area contributed by atoms with Gasteiger partial charge < -0.3 is 4.90 Å². The van der Waals surface area contributed by atoms with Gasteiger partial charge in [-0.15, -0.1) is 0 Å². The van der Waals surface area contributed by atoms with Gasteiger partial charge >= 0.3 is 0 Å². The minimum atomic E-state index is -0.333. The van der Waals surface area contributed by atoms with E-state index in [1.54, 1.807) is 0 Å². The Kier molecular flexibility index (Phi) is 8.39. The Bertz CT molecular complexity index is 272. The number of carbonyl (C=O) groups is 2. The molecule has 0 bridgehead atoms. The highest BCUT2D eigenvalue weighted by Crippen LogP contribution is 2.17. The molecule has 5 nitrogen and oxygen atoms in total. The van der Waals surface area contributed by atoms with Crippen molar-refractivity contribution in [2.45, 2.75) is 66.0 Å². The van der Waals surface area contributed by atoms with Gasteiger partial charge in [-0.05, 0) is 34.1 Å². The average Bonchev–Trinajstić information content (AvgIpc) is 2.32. The molecule has 0 aliphatic heterocycles. The van der Waals surface area contributed by atoms with E-state index in [-0.39, 0.29) is 30.5 Å². The number of nitrogens with zero attached hydrogens (tertiary/aromatic N) is 2. The van der Waals surface area contributed by atoms with E-state index in [1.807, 2.05) is 32.6 Å². The lowest BCUT2D eigenvalue weighted by Gasteiger charge is -2.34. The standard InChI is InChI=1S/C14H28N2O3/c1-6-7-8-13(9-15(19)10-17)14(18)16(11(2)3)12(4)5/h10-13,19H,6-9H2,1-5H3/t13-/m1/s1. The van der Waals surface area contributed by atoms with E-state index >= 15 is 0 Å². The van der Waals surface area contributed by atoms with Gasteiger partial charge in [-0.3, -0.25) is 14.8 Å². The van der Waals surface area contributed by atoms with Crippen molar-refractivity contribution in [3.63, 3.8) is 0 Å². The van der Waals surface area contributed by atoms with Gasteiger partial charge in [0.05, 0.1) is 12.5 Å². The van der Waals surface area contributed by atoms with Crippen LogP contribution in [-0.2, 0) is 9.59 Å². The minimum absolute atomic E-state index is 0.0133. The molecule has 112 valence electrons. The smallest absolute Gasteiger partial charge is 0.233 e. The van der Waals surface area contributed by atoms with Crippen LogP contribution in [0.1, 0.15) is 53.9 Å². The molecule has 0 aromatic carbocycles. The number of hydrogen-bond acceptors (Lipinski definition) is 3. The van der Waals surface area contributed by atoms with E-state index in [9.17, 15) is 14.8 Å². The van der Waals surface area contributed by atoms with Crippen molar-refractivity contribution in [1.82, 2.24) is 9.96 Å². The molecule has 0 heterocycles. The zero-order chi connectivity index (χ0) is 15.0. The van der Waals surface area contributed by atoms with E-state index in [2.05, 4.69) is 6.92 Å². The summed E-state index contributed by atoms with van der Waals surface area (Å²) >= 11 is 0. The number of carbonyl (C=O) groups excluding carboxylic acids is 2. The second-order valence-corrected chi connectivity index (χ2v) is 5.50. The summed E-state index contributed by atoms with van der Waals surface area (Å²) in [5.74, 6) is -0.320. The Morgan fingerprint density at radius 3 is 2.11 bits per heavy atom. The third kappa shape index (κ3) is 6.05. The summed E-state index contributed by atoms with van der Waals surface area (Å²) in [6, 6.07) is 0.222. The van der Waals surface area contributed by atoms with Gasteiger partial charge in [-0.1, -0.05) is 19.8 Å². The summed E-state index contributed by atoms with van der Waals surface area (Å²) in [4.78, 5) is 24.9. The van der Waals surface area contributed by atoms with Crippen LogP contribution in [0.15, 0.2) is 0 Å². The topological polar surface area (TPSA) is 60.9 Å². The van der Waals surface area contributed by atoms with Crippen LogP contribution >= 0.6 is 0 Å². The van der Waals surface area contributed by atoms with E-state index < -0.39 is 0 Å². The highest BCUT2D eigenvalue weighted by molar-refractivity contribution is 5.79. The third-order valence-corrected chi connectivity index (χ3v) is 3.15. The Balaban J connectivity index is 4.89. The quantitative estimate of drug-likeness (QED) is 0.398.